The Hall–Kier alpha value is 0. The smallest absolute Gasteiger partial charge is 0.0352 e. The molecule has 0 N–H and O–H groups in total. The second-order valence-corrected chi connectivity index (χ2v) is 10.9. The van der Waals surface area contributed by atoms with E-state index in [1.807, 2.05) is 27.7 Å². The first-order valence-electron chi connectivity index (χ1n) is 14.1. The number of hydrogen-bond acceptors (Lipinski definition) is 0. The highest BCUT2D eigenvalue weighted by atomic mass is 14.5. The molecule has 0 bridgehead atoms. The fourth-order valence-electron chi connectivity index (χ4n) is 8.63. The molecule has 4 rings (SSSR count). The van der Waals surface area contributed by atoms with Crippen molar-refractivity contribution in [1.82, 2.24) is 0 Å². The van der Waals surface area contributed by atoms with Gasteiger partial charge in [0.05, 0.1) is 0 Å². The van der Waals surface area contributed by atoms with Crippen molar-refractivity contribution < 1.29 is 0 Å². The molecule has 0 aromatic heterocycles. The molecule has 0 aliphatic heterocycles. The molecule has 0 saturated heterocycles. The monoisotopic (exact) mass is 629 g/mol. The zero-order valence-electron chi connectivity index (χ0n) is 21.6. The maximum Gasteiger partial charge on any atom is -0.0352 e. The van der Waals surface area contributed by atoms with Gasteiger partial charge in [-0.15, -0.1) is 0 Å². The minimum atomic E-state index is 0. The summed E-state index contributed by atoms with van der Waals surface area (Å²) < 4.78 is 0. The maximum atomic E-state index is 2.60. The molecule has 284 valence electrons. The summed E-state index contributed by atoms with van der Waals surface area (Å²) in [6, 6.07) is 0. The van der Waals surface area contributed by atoms with Gasteiger partial charge in [0.15, 0.2) is 0 Å². The van der Waals surface area contributed by atoms with Gasteiger partial charge >= 0.3 is 0 Å². The lowest BCUT2D eigenvalue weighted by Crippen LogP contribution is -2.22. The summed E-state index contributed by atoms with van der Waals surface area (Å²) in [4.78, 5) is 0. The van der Waals surface area contributed by atoms with E-state index in [9.17, 15) is 0 Å². The molecule has 0 radical (unpaired) electrons. The first kappa shape index (κ1) is 84.3. The summed E-state index contributed by atoms with van der Waals surface area (Å²) in [7, 11) is 0. The van der Waals surface area contributed by atoms with Crippen molar-refractivity contribution in [1.29, 1.82) is 0 Å². The van der Waals surface area contributed by atoms with Gasteiger partial charge in [0.25, 0.3) is 0 Å². The van der Waals surface area contributed by atoms with Crippen molar-refractivity contribution >= 4 is 0 Å². The molecule has 10 unspecified atom stereocenters. The third-order valence-corrected chi connectivity index (χ3v) is 10.3. The van der Waals surface area contributed by atoms with Gasteiger partial charge in [0.2, 0.25) is 0 Å². The van der Waals surface area contributed by atoms with Crippen LogP contribution >= 0.6 is 0 Å². The fourth-order valence-corrected chi connectivity index (χ4v) is 8.63. The normalized spacial score (nSPS) is 31.0. The number of rotatable bonds is 4. The maximum absolute atomic E-state index is 2.60. The Labute approximate surface area is 288 Å². The Bertz CT molecular complexity index is 399. The van der Waals surface area contributed by atoms with Crippen LogP contribution in [0.3, 0.4) is 0 Å². The highest BCUT2D eigenvalue weighted by Gasteiger charge is 2.48. The molecule has 4 aliphatic rings. The molecule has 0 heteroatoms. The molecule has 0 heterocycles. The van der Waals surface area contributed by atoms with Gasteiger partial charge in [-0.3, -0.25) is 0 Å². The fraction of sp³-hybridized carbons (Fsp3) is 1.00. The van der Waals surface area contributed by atoms with E-state index in [1.165, 1.54) is 32.1 Å². The van der Waals surface area contributed by atoms with Crippen LogP contribution < -0.4 is 0 Å². The van der Waals surface area contributed by atoms with Crippen LogP contribution in [0, 0.1) is 59.2 Å². The summed E-state index contributed by atoms with van der Waals surface area (Å²) in [5.74, 6) is 10.5. The van der Waals surface area contributed by atoms with Gasteiger partial charge in [0, 0.05) is 0 Å². The molecule has 0 spiro atoms. The van der Waals surface area contributed by atoms with Crippen molar-refractivity contribution in [3.8, 4) is 0 Å². The predicted octanol–water partition coefficient (Wildman–Crippen LogP) is 18.5. The summed E-state index contributed by atoms with van der Waals surface area (Å²) in [5.41, 5.74) is 0. The average Bonchev–Trinajstić information content (AvgIpc) is 3.17. The van der Waals surface area contributed by atoms with E-state index in [4.69, 9.17) is 0 Å². The zero-order chi connectivity index (χ0) is 21.6. The lowest BCUT2D eigenvalue weighted by Gasteiger charge is -2.32. The van der Waals surface area contributed by atoms with E-state index in [2.05, 4.69) is 27.7 Å². The molecule has 0 aromatic rings. The molecule has 0 nitrogen and oxygen atoms in total. The SMILES string of the molecule is C.C.C.C.C.C.C.C.C.C.C.C.C.C.CC.CC.CC1C(C)C(CCCC2C(C)C(C)C3CCCCC32)C2CCCCC12. The standard InChI is InChI=1S/C25H44.2C2H6.14CH4/c1-16-18(3)22(24-12-7-5-10-20(16)24)14-9-15-23-19(4)17(2)21-11-6-8-13-25(21)23;2*1-2;;;;;;;;;;;;;;/h16-25H,5-15H2,1-4H3;2*1-2H3;14*1H4. The Morgan fingerprint density at radius 3 is 0.767 bits per heavy atom. The van der Waals surface area contributed by atoms with E-state index in [0.29, 0.717) is 0 Å². The first-order valence-corrected chi connectivity index (χ1v) is 14.1. The van der Waals surface area contributed by atoms with Crippen LogP contribution in [0.1, 0.15) is 230 Å². The van der Waals surface area contributed by atoms with Crippen molar-refractivity contribution in [3.05, 3.63) is 0 Å². The minimum absolute atomic E-state index is 0. The summed E-state index contributed by atoms with van der Waals surface area (Å²) >= 11 is 0. The van der Waals surface area contributed by atoms with Crippen LogP contribution in [-0.2, 0) is 0 Å². The summed E-state index contributed by atoms with van der Waals surface area (Å²) in [6.45, 7) is 18.4. The largest absolute Gasteiger partial charge is 0.0776 e. The minimum Gasteiger partial charge on any atom is -0.0776 e. The molecule has 43 heavy (non-hydrogen) atoms. The second-order valence-electron chi connectivity index (χ2n) is 10.9. The van der Waals surface area contributed by atoms with E-state index < -0.39 is 0 Å². The highest BCUT2D eigenvalue weighted by Crippen LogP contribution is 2.56. The van der Waals surface area contributed by atoms with Crippen LogP contribution in [0.15, 0.2) is 0 Å². The quantitative estimate of drug-likeness (QED) is 0.290. The van der Waals surface area contributed by atoms with Crippen molar-refractivity contribution in [2.45, 2.75) is 230 Å². The Balaban J connectivity index is -0.0000000438. The third kappa shape index (κ3) is 18.7. The topological polar surface area (TPSA) is 0 Å². The van der Waals surface area contributed by atoms with Crippen LogP contribution in [0.2, 0.25) is 0 Å². The third-order valence-electron chi connectivity index (χ3n) is 10.3. The lowest BCUT2D eigenvalue weighted by atomic mass is 9.73. The Morgan fingerprint density at radius 2 is 0.535 bits per heavy atom. The van der Waals surface area contributed by atoms with Gasteiger partial charge in [0.1, 0.15) is 0 Å². The predicted molar refractivity (Wildman–Crippen MR) is 225 cm³/mol. The highest BCUT2D eigenvalue weighted by molar-refractivity contribution is 4.97. The molecule has 4 aliphatic carbocycles. The van der Waals surface area contributed by atoms with Crippen molar-refractivity contribution in [3.63, 3.8) is 0 Å². The van der Waals surface area contributed by atoms with Gasteiger partial charge in [-0.1, -0.05) is 191 Å². The molecule has 0 aromatic carbocycles. The van der Waals surface area contributed by atoms with Crippen molar-refractivity contribution in [2.24, 2.45) is 59.2 Å². The Kier molecular flexibility index (Phi) is 82.3. The van der Waals surface area contributed by atoms with Crippen LogP contribution in [0.5, 0.6) is 0 Å². The summed E-state index contributed by atoms with van der Waals surface area (Å²) in [5, 5.41) is 0. The van der Waals surface area contributed by atoms with Crippen LogP contribution in [-0.4, -0.2) is 0 Å². The van der Waals surface area contributed by atoms with E-state index >= 15 is 0 Å². The average molecular weight is 629 g/mol. The lowest BCUT2D eigenvalue weighted by molar-refractivity contribution is 0.181. The number of hydrogen-bond donors (Lipinski definition) is 0. The summed E-state index contributed by atoms with van der Waals surface area (Å²) in [6.07, 6.45) is 17.0. The van der Waals surface area contributed by atoms with E-state index in [0.717, 1.165) is 59.2 Å². The van der Waals surface area contributed by atoms with Crippen molar-refractivity contribution in [2.75, 3.05) is 0 Å². The first-order chi connectivity index (χ1) is 14.1. The van der Waals surface area contributed by atoms with E-state index in [1.54, 1.807) is 38.5 Å². The van der Waals surface area contributed by atoms with Gasteiger partial charge in [-0.25, -0.2) is 0 Å². The second kappa shape index (κ2) is 42.0. The van der Waals surface area contributed by atoms with E-state index in [-0.39, 0.29) is 104 Å². The van der Waals surface area contributed by atoms with Gasteiger partial charge in [-0.2, -0.15) is 0 Å². The van der Waals surface area contributed by atoms with Crippen LogP contribution in [0.4, 0.5) is 0 Å². The van der Waals surface area contributed by atoms with Gasteiger partial charge in [-0.05, 0) is 97.7 Å². The molecule has 4 fully saturated rings. The zero-order valence-corrected chi connectivity index (χ0v) is 21.6. The molecular weight excluding hydrogens is 516 g/mol. The van der Waals surface area contributed by atoms with Gasteiger partial charge < -0.3 is 0 Å². The Morgan fingerprint density at radius 1 is 0.326 bits per heavy atom. The molecular formula is C43H112. The molecule has 4 saturated carbocycles. The molecule has 10 atom stereocenters. The molecule has 0 amide bonds. The number of fused-ring (bicyclic) bond motifs is 2. The van der Waals surface area contributed by atoms with Crippen LogP contribution in [0.25, 0.3) is 0 Å².